The number of amides is 2. The SMILES string of the molecule is O=C1C(c2ccccc2)=C(N2CCN(CCO)CC2)C(=O)N1C1CCCCC1. The molecule has 1 saturated carbocycles. The molecule has 1 saturated heterocycles. The minimum atomic E-state index is -0.129. The lowest BCUT2D eigenvalue weighted by molar-refractivity contribution is -0.141. The summed E-state index contributed by atoms with van der Waals surface area (Å²) in [5.74, 6) is -0.248. The quantitative estimate of drug-likeness (QED) is 0.785. The van der Waals surface area contributed by atoms with E-state index in [2.05, 4.69) is 9.80 Å². The zero-order chi connectivity index (χ0) is 19.5. The molecule has 0 unspecified atom stereocenters. The molecule has 6 nitrogen and oxygen atoms in total. The van der Waals surface area contributed by atoms with Crippen molar-refractivity contribution in [2.24, 2.45) is 0 Å². The number of carbonyl (C=O) groups is 2. The highest BCUT2D eigenvalue weighted by atomic mass is 16.3. The van der Waals surface area contributed by atoms with E-state index in [0.717, 1.165) is 44.3 Å². The van der Waals surface area contributed by atoms with E-state index < -0.39 is 0 Å². The Morgan fingerprint density at radius 1 is 0.893 bits per heavy atom. The molecule has 1 N–H and O–H groups in total. The lowest BCUT2D eigenvalue weighted by atomic mass is 9.94. The smallest absolute Gasteiger partial charge is 0.278 e. The predicted molar refractivity (Wildman–Crippen MR) is 107 cm³/mol. The van der Waals surface area contributed by atoms with Crippen molar-refractivity contribution >= 4 is 17.4 Å². The number of benzene rings is 1. The van der Waals surface area contributed by atoms with Crippen molar-refractivity contribution in [3.8, 4) is 0 Å². The van der Waals surface area contributed by atoms with Gasteiger partial charge in [-0.15, -0.1) is 0 Å². The van der Waals surface area contributed by atoms with Crippen LogP contribution in [0.15, 0.2) is 36.0 Å². The molecule has 0 atom stereocenters. The van der Waals surface area contributed by atoms with Crippen LogP contribution in [0.4, 0.5) is 0 Å². The maximum atomic E-state index is 13.5. The molecule has 150 valence electrons. The molecule has 2 aliphatic heterocycles. The van der Waals surface area contributed by atoms with E-state index >= 15 is 0 Å². The summed E-state index contributed by atoms with van der Waals surface area (Å²) in [4.78, 5) is 32.7. The number of aliphatic hydroxyl groups is 1. The van der Waals surface area contributed by atoms with Gasteiger partial charge in [0.05, 0.1) is 12.2 Å². The van der Waals surface area contributed by atoms with Crippen LogP contribution in [-0.4, -0.2) is 77.0 Å². The fraction of sp³-hybridized carbons (Fsp3) is 0.545. The lowest BCUT2D eigenvalue weighted by Crippen LogP contribution is -2.49. The fourth-order valence-corrected chi connectivity index (χ4v) is 4.70. The summed E-state index contributed by atoms with van der Waals surface area (Å²) in [5.41, 5.74) is 1.96. The third kappa shape index (κ3) is 3.59. The standard InChI is InChI=1S/C22H29N3O3/c26-16-15-23-11-13-24(14-12-23)20-19(17-7-3-1-4-8-17)21(27)25(22(20)28)18-9-5-2-6-10-18/h1,3-4,7-8,18,26H,2,5-6,9-16H2. The molecule has 6 heteroatoms. The number of hydrogen-bond acceptors (Lipinski definition) is 5. The van der Waals surface area contributed by atoms with Crippen molar-refractivity contribution in [1.82, 2.24) is 14.7 Å². The van der Waals surface area contributed by atoms with E-state index in [1.54, 1.807) is 4.90 Å². The number of hydrogen-bond donors (Lipinski definition) is 1. The molecular weight excluding hydrogens is 354 g/mol. The highest BCUT2D eigenvalue weighted by Crippen LogP contribution is 2.36. The minimum absolute atomic E-state index is 0.0284. The zero-order valence-electron chi connectivity index (χ0n) is 16.3. The van der Waals surface area contributed by atoms with Gasteiger partial charge in [-0.05, 0) is 18.4 Å². The summed E-state index contributed by atoms with van der Waals surface area (Å²) in [6, 6.07) is 9.64. The summed E-state index contributed by atoms with van der Waals surface area (Å²) < 4.78 is 0. The molecule has 0 spiro atoms. The van der Waals surface area contributed by atoms with Crippen LogP contribution in [0.25, 0.3) is 5.57 Å². The molecule has 3 aliphatic rings. The molecule has 0 aromatic heterocycles. The average molecular weight is 383 g/mol. The lowest BCUT2D eigenvalue weighted by Gasteiger charge is -2.36. The normalized spacial score (nSPS) is 22.5. The van der Waals surface area contributed by atoms with Crippen LogP contribution in [-0.2, 0) is 9.59 Å². The van der Waals surface area contributed by atoms with Gasteiger partial charge in [0.25, 0.3) is 11.8 Å². The first-order chi connectivity index (χ1) is 13.7. The van der Waals surface area contributed by atoms with Gasteiger partial charge in [0.2, 0.25) is 0 Å². The molecule has 1 aromatic carbocycles. The monoisotopic (exact) mass is 383 g/mol. The number of piperazine rings is 1. The molecule has 28 heavy (non-hydrogen) atoms. The van der Waals surface area contributed by atoms with Gasteiger partial charge in [0.15, 0.2) is 0 Å². The van der Waals surface area contributed by atoms with Gasteiger partial charge in [-0.2, -0.15) is 0 Å². The van der Waals surface area contributed by atoms with Crippen LogP contribution in [0.2, 0.25) is 0 Å². The summed E-state index contributed by atoms with van der Waals surface area (Å²) in [6.07, 6.45) is 5.18. The summed E-state index contributed by atoms with van der Waals surface area (Å²) in [5, 5.41) is 9.17. The number of imide groups is 1. The Kier molecular flexibility index (Phi) is 5.78. The van der Waals surface area contributed by atoms with E-state index in [-0.39, 0.29) is 24.5 Å². The van der Waals surface area contributed by atoms with E-state index in [1.165, 1.54) is 6.42 Å². The number of carbonyl (C=O) groups excluding carboxylic acids is 2. The van der Waals surface area contributed by atoms with Crippen molar-refractivity contribution in [3.05, 3.63) is 41.6 Å². The van der Waals surface area contributed by atoms with Crippen molar-refractivity contribution in [3.63, 3.8) is 0 Å². The topological polar surface area (TPSA) is 64.1 Å². The Morgan fingerprint density at radius 2 is 1.57 bits per heavy atom. The van der Waals surface area contributed by atoms with Crippen LogP contribution in [0.3, 0.4) is 0 Å². The molecule has 0 bridgehead atoms. The Labute approximate surface area is 166 Å². The molecule has 2 heterocycles. The van der Waals surface area contributed by atoms with E-state index in [1.807, 2.05) is 30.3 Å². The average Bonchev–Trinajstić information content (AvgIpc) is 3.00. The number of nitrogens with zero attached hydrogens (tertiary/aromatic N) is 3. The van der Waals surface area contributed by atoms with Gasteiger partial charge >= 0.3 is 0 Å². The Morgan fingerprint density at radius 3 is 2.21 bits per heavy atom. The van der Waals surface area contributed by atoms with Gasteiger partial charge in [-0.3, -0.25) is 19.4 Å². The highest BCUT2D eigenvalue weighted by Gasteiger charge is 2.45. The molecule has 1 aliphatic carbocycles. The Hall–Kier alpha value is -2.18. The van der Waals surface area contributed by atoms with E-state index in [0.29, 0.717) is 30.9 Å². The highest BCUT2D eigenvalue weighted by molar-refractivity contribution is 6.35. The molecule has 2 fully saturated rings. The Balaban J connectivity index is 1.65. The molecule has 4 rings (SSSR count). The second-order valence-electron chi connectivity index (χ2n) is 7.91. The third-order valence-electron chi connectivity index (χ3n) is 6.20. The van der Waals surface area contributed by atoms with Crippen molar-refractivity contribution < 1.29 is 14.7 Å². The van der Waals surface area contributed by atoms with Crippen molar-refractivity contribution in [1.29, 1.82) is 0 Å². The summed E-state index contributed by atoms with van der Waals surface area (Å²) >= 11 is 0. The van der Waals surface area contributed by atoms with E-state index in [4.69, 9.17) is 0 Å². The second kappa shape index (κ2) is 8.45. The van der Waals surface area contributed by atoms with Gasteiger partial charge in [-0.1, -0.05) is 49.6 Å². The zero-order valence-corrected chi connectivity index (χ0v) is 16.3. The maximum Gasteiger partial charge on any atom is 0.278 e. The van der Waals surface area contributed by atoms with Crippen LogP contribution >= 0.6 is 0 Å². The Bertz CT molecular complexity index is 748. The van der Waals surface area contributed by atoms with Gasteiger partial charge in [0.1, 0.15) is 5.70 Å². The number of aliphatic hydroxyl groups excluding tert-OH is 1. The predicted octanol–water partition coefficient (Wildman–Crippen LogP) is 1.71. The van der Waals surface area contributed by atoms with Crippen molar-refractivity contribution in [2.45, 2.75) is 38.1 Å². The van der Waals surface area contributed by atoms with Gasteiger partial charge < -0.3 is 10.0 Å². The first kappa shape index (κ1) is 19.2. The van der Waals surface area contributed by atoms with Gasteiger partial charge in [0, 0.05) is 38.8 Å². The van der Waals surface area contributed by atoms with Crippen LogP contribution in [0, 0.1) is 0 Å². The number of rotatable bonds is 5. The van der Waals surface area contributed by atoms with Crippen LogP contribution in [0.1, 0.15) is 37.7 Å². The minimum Gasteiger partial charge on any atom is -0.395 e. The maximum absolute atomic E-state index is 13.5. The summed E-state index contributed by atoms with van der Waals surface area (Å²) in [6.45, 7) is 3.77. The second-order valence-corrected chi connectivity index (χ2v) is 7.91. The first-order valence-corrected chi connectivity index (χ1v) is 10.5. The largest absolute Gasteiger partial charge is 0.395 e. The molecule has 0 radical (unpaired) electrons. The first-order valence-electron chi connectivity index (χ1n) is 10.5. The molecule has 2 amide bonds. The summed E-state index contributed by atoms with van der Waals surface area (Å²) in [7, 11) is 0. The fourth-order valence-electron chi connectivity index (χ4n) is 4.70. The van der Waals surface area contributed by atoms with Gasteiger partial charge in [-0.25, -0.2) is 0 Å². The third-order valence-corrected chi connectivity index (χ3v) is 6.20. The van der Waals surface area contributed by atoms with Crippen LogP contribution in [0.5, 0.6) is 0 Å². The molecular formula is C22H29N3O3. The van der Waals surface area contributed by atoms with Crippen molar-refractivity contribution in [2.75, 3.05) is 39.3 Å². The number of β-amino-alcohol motifs (C(OH)–C–C–N with tert-alkyl or cyclic N) is 1. The molecule has 1 aromatic rings. The van der Waals surface area contributed by atoms with Crippen LogP contribution < -0.4 is 0 Å². The van der Waals surface area contributed by atoms with E-state index in [9.17, 15) is 14.7 Å².